The summed E-state index contributed by atoms with van der Waals surface area (Å²) in [4.78, 5) is 25.8. The topological polar surface area (TPSA) is 58.2 Å². The summed E-state index contributed by atoms with van der Waals surface area (Å²) in [6.45, 7) is 4.03. The quantitative estimate of drug-likeness (QED) is 0.669. The molecule has 0 saturated carbocycles. The molecule has 0 aliphatic carbocycles. The van der Waals surface area contributed by atoms with Gasteiger partial charge in [0.1, 0.15) is 0 Å². The van der Waals surface area contributed by atoms with Crippen LogP contribution in [-0.4, -0.2) is 11.8 Å². The molecule has 0 fully saturated rings. The molecule has 0 spiro atoms. The maximum atomic E-state index is 12.8. The van der Waals surface area contributed by atoms with Crippen LogP contribution in [0.15, 0.2) is 54.6 Å². The van der Waals surface area contributed by atoms with E-state index in [1.807, 2.05) is 49.4 Å². The van der Waals surface area contributed by atoms with Gasteiger partial charge in [-0.1, -0.05) is 42.5 Å². The first-order valence-electron chi connectivity index (χ1n) is 8.89. The average Bonchev–Trinajstić information content (AvgIpc) is 2.99. The number of anilines is 2. The first-order chi connectivity index (χ1) is 13.0. The van der Waals surface area contributed by atoms with E-state index >= 15 is 0 Å². The fourth-order valence-corrected chi connectivity index (χ4v) is 4.85. The predicted octanol–water partition coefficient (Wildman–Crippen LogP) is 5.09. The molecule has 0 saturated heterocycles. The van der Waals surface area contributed by atoms with Crippen LogP contribution >= 0.6 is 11.3 Å². The number of amides is 2. The molecule has 2 aromatic carbocycles. The number of nitrogens with one attached hydrogen (secondary N) is 2. The third-order valence-corrected chi connectivity index (χ3v) is 6.21. The average molecular weight is 376 g/mol. The summed E-state index contributed by atoms with van der Waals surface area (Å²) < 4.78 is 0. The maximum Gasteiger partial charge on any atom is 0.266 e. The van der Waals surface area contributed by atoms with E-state index < -0.39 is 0 Å². The number of thiophene rings is 1. The molecule has 136 valence electrons. The van der Waals surface area contributed by atoms with E-state index in [4.69, 9.17) is 0 Å². The molecule has 4 nitrogen and oxygen atoms in total. The van der Waals surface area contributed by atoms with Crippen LogP contribution in [0.2, 0.25) is 0 Å². The summed E-state index contributed by atoms with van der Waals surface area (Å²) in [6.07, 6.45) is 0.398. The number of para-hydroxylation sites is 1. The molecule has 1 aromatic heterocycles. The highest BCUT2D eigenvalue weighted by Gasteiger charge is 2.33. The Bertz CT molecular complexity index is 1020. The lowest BCUT2D eigenvalue weighted by molar-refractivity contribution is -0.116. The Labute approximate surface area is 162 Å². The number of rotatable bonds is 3. The van der Waals surface area contributed by atoms with Crippen LogP contribution in [0.3, 0.4) is 0 Å². The second-order valence-corrected chi connectivity index (χ2v) is 7.80. The molecule has 0 bridgehead atoms. The van der Waals surface area contributed by atoms with Gasteiger partial charge < -0.3 is 10.6 Å². The summed E-state index contributed by atoms with van der Waals surface area (Å²) in [7, 11) is 0. The van der Waals surface area contributed by atoms with E-state index in [1.165, 1.54) is 11.3 Å². The molecule has 1 aliphatic heterocycles. The fourth-order valence-electron chi connectivity index (χ4n) is 3.67. The third-order valence-electron chi connectivity index (χ3n) is 4.99. The summed E-state index contributed by atoms with van der Waals surface area (Å²) in [5, 5.41) is 6.69. The minimum atomic E-state index is -0.143. The Morgan fingerprint density at radius 2 is 1.78 bits per heavy atom. The molecular weight excluding hydrogens is 356 g/mol. The van der Waals surface area contributed by atoms with Crippen molar-refractivity contribution >= 4 is 33.8 Å². The standard InChI is InChI=1S/C22H20N2O2S/c1-13-8-6-7-11-16(13)17-12-18(25)24-22-19(17)14(2)20(27-22)21(26)23-15-9-4-3-5-10-15/h3-11,17H,12H2,1-2H3,(H,23,26)(H,24,25)/t17-/m0/s1. The highest BCUT2D eigenvalue weighted by Crippen LogP contribution is 2.45. The van der Waals surface area contributed by atoms with Crippen LogP contribution in [0, 0.1) is 13.8 Å². The smallest absolute Gasteiger partial charge is 0.266 e. The van der Waals surface area contributed by atoms with Crippen LogP contribution < -0.4 is 10.6 Å². The molecule has 0 radical (unpaired) electrons. The van der Waals surface area contributed by atoms with Crippen LogP contribution in [0.4, 0.5) is 10.7 Å². The van der Waals surface area contributed by atoms with E-state index in [1.54, 1.807) is 0 Å². The van der Waals surface area contributed by atoms with Crippen molar-refractivity contribution in [2.45, 2.75) is 26.2 Å². The number of aryl methyl sites for hydroxylation is 1. The molecule has 0 unspecified atom stereocenters. The molecule has 3 aromatic rings. The molecule has 2 heterocycles. The lowest BCUT2D eigenvalue weighted by Gasteiger charge is -2.25. The minimum absolute atomic E-state index is 0.00739. The predicted molar refractivity (Wildman–Crippen MR) is 110 cm³/mol. The van der Waals surface area contributed by atoms with Gasteiger partial charge in [0.05, 0.1) is 9.88 Å². The Balaban J connectivity index is 1.74. The minimum Gasteiger partial charge on any atom is -0.321 e. The highest BCUT2D eigenvalue weighted by atomic mass is 32.1. The van der Waals surface area contributed by atoms with Gasteiger partial charge >= 0.3 is 0 Å². The normalized spacial score (nSPS) is 15.8. The van der Waals surface area contributed by atoms with Gasteiger partial charge in [-0.05, 0) is 48.2 Å². The maximum absolute atomic E-state index is 12.8. The van der Waals surface area contributed by atoms with Gasteiger partial charge in [-0.3, -0.25) is 9.59 Å². The second kappa shape index (κ2) is 7.00. The van der Waals surface area contributed by atoms with E-state index in [0.717, 1.165) is 32.9 Å². The van der Waals surface area contributed by atoms with E-state index in [0.29, 0.717) is 11.3 Å². The number of carbonyl (C=O) groups is 2. The molecule has 27 heavy (non-hydrogen) atoms. The zero-order valence-electron chi connectivity index (χ0n) is 15.2. The first-order valence-corrected chi connectivity index (χ1v) is 9.71. The van der Waals surface area contributed by atoms with Crippen LogP contribution in [-0.2, 0) is 4.79 Å². The molecular formula is C22H20N2O2S. The van der Waals surface area contributed by atoms with Crippen molar-refractivity contribution in [2.24, 2.45) is 0 Å². The Morgan fingerprint density at radius 3 is 2.52 bits per heavy atom. The summed E-state index contributed by atoms with van der Waals surface area (Å²) >= 11 is 1.35. The van der Waals surface area contributed by atoms with Gasteiger partial charge in [0.15, 0.2) is 0 Å². The van der Waals surface area contributed by atoms with Crippen LogP contribution in [0.1, 0.15) is 44.3 Å². The van der Waals surface area contributed by atoms with Crippen molar-refractivity contribution in [3.63, 3.8) is 0 Å². The summed E-state index contributed by atoms with van der Waals surface area (Å²) in [5.74, 6) is -0.174. The van der Waals surface area contributed by atoms with Crippen molar-refractivity contribution in [1.82, 2.24) is 0 Å². The molecule has 2 N–H and O–H groups in total. The highest BCUT2D eigenvalue weighted by molar-refractivity contribution is 7.18. The molecule has 5 heteroatoms. The van der Waals surface area contributed by atoms with Gasteiger partial charge in [0.2, 0.25) is 5.91 Å². The second-order valence-electron chi connectivity index (χ2n) is 6.78. The van der Waals surface area contributed by atoms with Crippen LogP contribution in [0.5, 0.6) is 0 Å². The third kappa shape index (κ3) is 3.26. The van der Waals surface area contributed by atoms with Crippen molar-refractivity contribution < 1.29 is 9.59 Å². The molecule has 2 amide bonds. The SMILES string of the molecule is Cc1ccccc1[C@@H]1CC(=O)Nc2sc(C(=O)Nc3ccccc3)c(C)c21. The molecule has 1 atom stereocenters. The fraction of sp³-hybridized carbons (Fsp3) is 0.182. The Kier molecular flexibility index (Phi) is 4.54. The number of benzene rings is 2. The van der Waals surface area contributed by atoms with Gasteiger partial charge in [-0.25, -0.2) is 0 Å². The van der Waals surface area contributed by atoms with Crippen molar-refractivity contribution in [1.29, 1.82) is 0 Å². The largest absolute Gasteiger partial charge is 0.321 e. The van der Waals surface area contributed by atoms with Crippen molar-refractivity contribution in [2.75, 3.05) is 10.6 Å². The Hall–Kier alpha value is -2.92. The number of fused-ring (bicyclic) bond motifs is 1. The lowest BCUT2D eigenvalue weighted by Crippen LogP contribution is -2.23. The first kappa shape index (κ1) is 17.5. The lowest BCUT2D eigenvalue weighted by atomic mass is 9.83. The zero-order chi connectivity index (χ0) is 19.0. The number of hydrogen-bond acceptors (Lipinski definition) is 3. The zero-order valence-corrected chi connectivity index (χ0v) is 16.0. The van der Waals surface area contributed by atoms with Gasteiger partial charge in [0, 0.05) is 18.0 Å². The number of carbonyl (C=O) groups excluding carboxylic acids is 2. The van der Waals surface area contributed by atoms with Crippen molar-refractivity contribution in [3.05, 3.63) is 81.7 Å². The Morgan fingerprint density at radius 1 is 1.07 bits per heavy atom. The van der Waals surface area contributed by atoms with Gasteiger partial charge in [0.25, 0.3) is 5.91 Å². The molecule has 1 aliphatic rings. The number of hydrogen-bond donors (Lipinski definition) is 2. The van der Waals surface area contributed by atoms with Gasteiger partial charge in [-0.15, -0.1) is 11.3 Å². The summed E-state index contributed by atoms with van der Waals surface area (Å²) in [5.41, 5.74) is 5.06. The summed E-state index contributed by atoms with van der Waals surface area (Å²) in [6, 6.07) is 17.5. The van der Waals surface area contributed by atoms with E-state index in [9.17, 15) is 9.59 Å². The van der Waals surface area contributed by atoms with Gasteiger partial charge in [-0.2, -0.15) is 0 Å². The van der Waals surface area contributed by atoms with Crippen LogP contribution in [0.25, 0.3) is 0 Å². The van der Waals surface area contributed by atoms with E-state index in [2.05, 4.69) is 29.7 Å². The monoisotopic (exact) mass is 376 g/mol. The van der Waals surface area contributed by atoms with Crippen molar-refractivity contribution in [3.8, 4) is 0 Å². The molecule has 4 rings (SSSR count). The van der Waals surface area contributed by atoms with E-state index in [-0.39, 0.29) is 17.7 Å².